The van der Waals surface area contributed by atoms with Crippen LogP contribution in [-0.2, 0) is 4.74 Å². The van der Waals surface area contributed by atoms with Gasteiger partial charge < -0.3 is 10.1 Å². The fourth-order valence-electron chi connectivity index (χ4n) is 3.02. The summed E-state index contributed by atoms with van der Waals surface area (Å²) in [5, 5.41) is 10.2. The number of H-pyrrole nitrogens is 1. The van der Waals surface area contributed by atoms with Crippen molar-refractivity contribution in [1.82, 2.24) is 20.4 Å². The molecule has 1 aliphatic rings. The minimum absolute atomic E-state index is 0.132. The summed E-state index contributed by atoms with van der Waals surface area (Å²) in [6.45, 7) is 12.6. The lowest BCUT2D eigenvalue weighted by molar-refractivity contribution is 0.0124. The number of nitrogens with zero attached hydrogens (tertiary/aromatic N) is 2. The van der Waals surface area contributed by atoms with E-state index < -0.39 is 0 Å². The Hall–Kier alpha value is -0.920. The molecule has 1 atom stereocenters. The smallest absolute Gasteiger partial charge is 0.273 e. The zero-order valence-electron chi connectivity index (χ0n) is 15.1. The average Bonchev–Trinajstić information content (AvgIpc) is 2.93. The molecular weight excluding hydrogens is 372 g/mol. The molecule has 1 unspecified atom stereocenters. The van der Waals surface area contributed by atoms with Crippen LogP contribution in [0.4, 0.5) is 0 Å². The van der Waals surface area contributed by atoms with Crippen molar-refractivity contribution in [3.05, 3.63) is 15.9 Å². The van der Waals surface area contributed by atoms with Gasteiger partial charge in [-0.15, -0.1) is 0 Å². The Kier molecular flexibility index (Phi) is 7.25. The zero-order valence-corrected chi connectivity index (χ0v) is 16.6. The number of hydrogen-bond donors (Lipinski definition) is 2. The van der Waals surface area contributed by atoms with E-state index in [9.17, 15) is 4.79 Å². The van der Waals surface area contributed by atoms with Crippen LogP contribution in [0.15, 0.2) is 4.47 Å². The fourth-order valence-corrected chi connectivity index (χ4v) is 3.83. The largest absolute Gasteiger partial charge is 0.379 e. The van der Waals surface area contributed by atoms with Gasteiger partial charge in [0.25, 0.3) is 5.91 Å². The van der Waals surface area contributed by atoms with Crippen LogP contribution in [0.1, 0.15) is 56.2 Å². The number of rotatable bonds is 7. The number of carbonyl (C=O) groups is 1. The van der Waals surface area contributed by atoms with Crippen molar-refractivity contribution in [2.75, 3.05) is 32.8 Å². The van der Waals surface area contributed by atoms with E-state index in [-0.39, 0.29) is 11.8 Å². The summed E-state index contributed by atoms with van der Waals surface area (Å²) >= 11 is 3.49. The summed E-state index contributed by atoms with van der Waals surface area (Å²) in [5.41, 5.74) is 1.39. The van der Waals surface area contributed by atoms with Crippen LogP contribution >= 0.6 is 15.9 Å². The van der Waals surface area contributed by atoms with Crippen molar-refractivity contribution < 1.29 is 9.53 Å². The van der Waals surface area contributed by atoms with E-state index in [1.165, 1.54) is 0 Å². The fraction of sp³-hybridized carbons (Fsp3) is 0.765. The second kappa shape index (κ2) is 8.97. The molecule has 7 heteroatoms. The van der Waals surface area contributed by atoms with Crippen LogP contribution in [-0.4, -0.2) is 59.9 Å². The summed E-state index contributed by atoms with van der Waals surface area (Å²) in [6.07, 6.45) is 1.05. The van der Waals surface area contributed by atoms with Gasteiger partial charge in [-0.1, -0.05) is 27.7 Å². The van der Waals surface area contributed by atoms with Crippen molar-refractivity contribution in [1.29, 1.82) is 0 Å². The molecule has 6 nitrogen and oxygen atoms in total. The molecule has 0 aliphatic carbocycles. The maximum absolute atomic E-state index is 12.5. The Bertz CT molecular complexity index is 539. The number of ether oxygens (including phenoxy) is 1. The molecule has 1 fully saturated rings. The number of nitrogens with one attached hydrogen (secondary N) is 2. The molecule has 0 aromatic carbocycles. The number of aromatic nitrogens is 2. The van der Waals surface area contributed by atoms with E-state index in [1.807, 2.05) is 0 Å². The van der Waals surface area contributed by atoms with Crippen LogP contribution < -0.4 is 5.32 Å². The van der Waals surface area contributed by atoms with Crippen molar-refractivity contribution in [3.8, 4) is 0 Å². The highest BCUT2D eigenvalue weighted by molar-refractivity contribution is 9.10. The first-order valence-electron chi connectivity index (χ1n) is 8.73. The summed E-state index contributed by atoms with van der Waals surface area (Å²) in [5.74, 6) is 0.738. The molecule has 2 N–H and O–H groups in total. The maximum atomic E-state index is 12.5. The van der Waals surface area contributed by atoms with Gasteiger partial charge in [0.05, 0.1) is 23.4 Å². The van der Waals surface area contributed by atoms with Gasteiger partial charge in [0, 0.05) is 25.7 Å². The Morgan fingerprint density at radius 2 is 2.00 bits per heavy atom. The van der Waals surface area contributed by atoms with Gasteiger partial charge in [-0.05, 0) is 34.2 Å². The van der Waals surface area contributed by atoms with Crippen LogP contribution in [0.25, 0.3) is 0 Å². The van der Waals surface area contributed by atoms with Crippen molar-refractivity contribution in [3.63, 3.8) is 0 Å². The maximum Gasteiger partial charge on any atom is 0.273 e. The molecule has 1 aromatic heterocycles. The number of aromatic amines is 1. The third-order valence-corrected chi connectivity index (χ3v) is 5.13. The second-order valence-corrected chi connectivity index (χ2v) is 7.89. The lowest BCUT2D eigenvalue weighted by Gasteiger charge is -2.35. The van der Waals surface area contributed by atoms with Gasteiger partial charge in [0.1, 0.15) is 0 Å². The molecule has 136 valence electrons. The number of amides is 1. The third kappa shape index (κ3) is 5.04. The minimum Gasteiger partial charge on any atom is -0.379 e. The molecular formula is C17H29BrN4O2. The molecule has 24 heavy (non-hydrogen) atoms. The molecule has 1 aromatic rings. The van der Waals surface area contributed by atoms with Crippen molar-refractivity contribution >= 4 is 21.8 Å². The summed E-state index contributed by atoms with van der Waals surface area (Å²) < 4.78 is 6.21. The molecule has 0 spiro atoms. The van der Waals surface area contributed by atoms with E-state index in [1.54, 1.807) is 0 Å². The first-order chi connectivity index (χ1) is 11.4. The van der Waals surface area contributed by atoms with E-state index in [0.717, 1.165) is 42.9 Å². The molecule has 1 amide bonds. The van der Waals surface area contributed by atoms with Crippen molar-refractivity contribution in [2.24, 2.45) is 5.92 Å². The lowest BCUT2D eigenvalue weighted by atomic mass is 10.0. The summed E-state index contributed by atoms with van der Waals surface area (Å²) in [4.78, 5) is 14.9. The predicted octanol–water partition coefficient (Wildman–Crippen LogP) is 2.77. The Morgan fingerprint density at radius 1 is 1.33 bits per heavy atom. The minimum atomic E-state index is -0.132. The van der Waals surface area contributed by atoms with Gasteiger partial charge in [-0.2, -0.15) is 5.10 Å². The number of morpholine rings is 1. The topological polar surface area (TPSA) is 70.2 Å². The van der Waals surface area contributed by atoms with E-state index >= 15 is 0 Å². The van der Waals surface area contributed by atoms with E-state index in [2.05, 4.69) is 64.0 Å². The monoisotopic (exact) mass is 400 g/mol. The molecule has 0 saturated carbocycles. The highest BCUT2D eigenvalue weighted by Gasteiger charge is 2.24. The Balaban J connectivity index is 1.98. The van der Waals surface area contributed by atoms with E-state index in [0.29, 0.717) is 24.2 Å². The third-order valence-electron chi connectivity index (χ3n) is 4.33. The highest BCUT2D eigenvalue weighted by Crippen LogP contribution is 2.25. The zero-order chi connectivity index (χ0) is 17.7. The molecule has 0 bridgehead atoms. The standard InChI is InChI=1S/C17H29BrN4O2/c1-11(2)9-13(22-5-7-24-8-6-22)10-19-17(23)16-14(18)15(12(3)4)20-21-16/h11-13H,5-10H2,1-4H3,(H,19,23)(H,20,21). The molecule has 1 aliphatic heterocycles. The molecule has 2 rings (SSSR count). The quantitative estimate of drug-likeness (QED) is 0.737. The second-order valence-electron chi connectivity index (χ2n) is 7.10. The molecule has 1 saturated heterocycles. The van der Waals surface area contributed by atoms with Crippen molar-refractivity contribution in [2.45, 2.75) is 46.1 Å². The molecule has 2 heterocycles. The van der Waals surface area contributed by atoms with Gasteiger partial charge >= 0.3 is 0 Å². The van der Waals surface area contributed by atoms with Gasteiger partial charge in [0.15, 0.2) is 5.69 Å². The van der Waals surface area contributed by atoms with Gasteiger partial charge in [-0.25, -0.2) is 0 Å². The van der Waals surface area contributed by atoms with Crippen LogP contribution in [0.5, 0.6) is 0 Å². The van der Waals surface area contributed by atoms with Gasteiger partial charge in [-0.3, -0.25) is 14.8 Å². The summed E-state index contributed by atoms with van der Waals surface area (Å²) in [7, 11) is 0. The van der Waals surface area contributed by atoms with Crippen LogP contribution in [0.3, 0.4) is 0 Å². The first-order valence-corrected chi connectivity index (χ1v) is 9.53. The number of halogens is 1. The normalized spacial score (nSPS) is 17.5. The first kappa shape index (κ1) is 19.4. The average molecular weight is 401 g/mol. The SMILES string of the molecule is CC(C)CC(CNC(=O)c1n[nH]c(C(C)C)c1Br)N1CCOCC1. The van der Waals surface area contributed by atoms with Gasteiger partial charge in [0.2, 0.25) is 0 Å². The Labute approximate surface area is 152 Å². The number of carbonyl (C=O) groups excluding carboxylic acids is 1. The Morgan fingerprint density at radius 3 is 2.54 bits per heavy atom. The predicted molar refractivity (Wildman–Crippen MR) is 98.3 cm³/mol. The van der Waals surface area contributed by atoms with Crippen LogP contribution in [0.2, 0.25) is 0 Å². The lowest BCUT2D eigenvalue weighted by Crippen LogP contribution is -2.49. The summed E-state index contributed by atoms with van der Waals surface area (Å²) in [6, 6.07) is 0.333. The van der Waals surface area contributed by atoms with E-state index in [4.69, 9.17) is 4.74 Å². The van der Waals surface area contributed by atoms with Crippen LogP contribution in [0, 0.1) is 5.92 Å². The molecule has 0 radical (unpaired) electrons. The highest BCUT2D eigenvalue weighted by atomic mass is 79.9. The number of hydrogen-bond acceptors (Lipinski definition) is 4.